The van der Waals surface area contributed by atoms with E-state index in [9.17, 15) is 10.1 Å². The maximum Gasteiger partial charge on any atom is 0.269 e. The Morgan fingerprint density at radius 3 is 2.45 bits per heavy atom. The van der Waals surface area contributed by atoms with Crippen molar-refractivity contribution < 1.29 is 4.92 Å². The zero-order chi connectivity index (χ0) is 15.1. The van der Waals surface area contributed by atoms with Crippen molar-refractivity contribution in [3.05, 3.63) is 69.2 Å². The molecule has 118 valence electrons. The fraction of sp³-hybridized carbons (Fsp3) is 0.200. The SMILES string of the molecule is Cl.O=[N+]([O-])c1ccc(NCCNCc2cccc(Cl)c2)cc1. The zero-order valence-corrected chi connectivity index (χ0v) is 13.4. The fourth-order valence-corrected chi connectivity index (χ4v) is 2.09. The van der Waals surface area contributed by atoms with Crippen LogP contribution in [0.3, 0.4) is 0 Å². The normalized spacial score (nSPS) is 9.86. The second-order valence-electron chi connectivity index (χ2n) is 4.54. The van der Waals surface area contributed by atoms with Gasteiger partial charge in [0, 0.05) is 42.5 Å². The molecule has 0 aromatic heterocycles. The van der Waals surface area contributed by atoms with Crippen LogP contribution in [-0.2, 0) is 6.54 Å². The van der Waals surface area contributed by atoms with Crippen LogP contribution in [0.15, 0.2) is 48.5 Å². The van der Waals surface area contributed by atoms with Crippen LogP contribution in [0.4, 0.5) is 11.4 Å². The zero-order valence-electron chi connectivity index (χ0n) is 11.8. The molecule has 0 bridgehead atoms. The summed E-state index contributed by atoms with van der Waals surface area (Å²) < 4.78 is 0. The first-order valence-electron chi connectivity index (χ1n) is 6.58. The molecular weight excluding hydrogens is 325 g/mol. The summed E-state index contributed by atoms with van der Waals surface area (Å²) in [5, 5.41) is 17.8. The quantitative estimate of drug-likeness (QED) is 0.455. The summed E-state index contributed by atoms with van der Waals surface area (Å²) in [5.74, 6) is 0. The van der Waals surface area contributed by atoms with Crippen molar-refractivity contribution in [3.63, 3.8) is 0 Å². The van der Waals surface area contributed by atoms with Gasteiger partial charge in [0.25, 0.3) is 5.69 Å². The summed E-state index contributed by atoms with van der Waals surface area (Å²) in [6.45, 7) is 2.27. The molecule has 0 radical (unpaired) electrons. The number of nitrogens with one attached hydrogen (secondary N) is 2. The molecule has 0 aliphatic carbocycles. The predicted molar refractivity (Wildman–Crippen MR) is 92.0 cm³/mol. The molecule has 0 fully saturated rings. The van der Waals surface area contributed by atoms with Gasteiger partial charge in [0.15, 0.2) is 0 Å². The summed E-state index contributed by atoms with van der Waals surface area (Å²) in [5.41, 5.74) is 2.10. The van der Waals surface area contributed by atoms with Crippen molar-refractivity contribution in [2.75, 3.05) is 18.4 Å². The van der Waals surface area contributed by atoms with Crippen molar-refractivity contribution in [1.82, 2.24) is 5.32 Å². The predicted octanol–water partition coefficient (Wildman–Crippen LogP) is 3.87. The lowest BCUT2D eigenvalue weighted by molar-refractivity contribution is -0.384. The Morgan fingerprint density at radius 1 is 1.09 bits per heavy atom. The van der Waals surface area contributed by atoms with Gasteiger partial charge >= 0.3 is 0 Å². The monoisotopic (exact) mass is 341 g/mol. The van der Waals surface area contributed by atoms with Crippen LogP contribution >= 0.6 is 24.0 Å². The maximum absolute atomic E-state index is 10.5. The van der Waals surface area contributed by atoms with E-state index in [1.165, 1.54) is 12.1 Å². The van der Waals surface area contributed by atoms with Gasteiger partial charge in [-0.25, -0.2) is 0 Å². The molecule has 0 atom stereocenters. The van der Waals surface area contributed by atoms with Gasteiger partial charge < -0.3 is 10.6 Å². The van der Waals surface area contributed by atoms with Gasteiger partial charge in [0.1, 0.15) is 0 Å². The Hall–Kier alpha value is -1.82. The third-order valence-electron chi connectivity index (χ3n) is 2.93. The van der Waals surface area contributed by atoms with E-state index in [0.717, 1.165) is 35.9 Å². The Kier molecular flexibility index (Phi) is 7.66. The van der Waals surface area contributed by atoms with Gasteiger partial charge in [0.05, 0.1) is 4.92 Å². The smallest absolute Gasteiger partial charge is 0.269 e. The van der Waals surface area contributed by atoms with Gasteiger partial charge in [-0.15, -0.1) is 12.4 Å². The molecule has 5 nitrogen and oxygen atoms in total. The lowest BCUT2D eigenvalue weighted by Gasteiger charge is -2.08. The number of nitro groups is 1. The first-order chi connectivity index (χ1) is 10.1. The van der Waals surface area contributed by atoms with Crippen molar-refractivity contribution in [3.8, 4) is 0 Å². The minimum atomic E-state index is -0.406. The van der Waals surface area contributed by atoms with E-state index >= 15 is 0 Å². The van der Waals surface area contributed by atoms with Crippen LogP contribution in [0.5, 0.6) is 0 Å². The van der Waals surface area contributed by atoms with E-state index in [2.05, 4.69) is 10.6 Å². The molecule has 2 N–H and O–H groups in total. The number of rotatable bonds is 7. The molecule has 22 heavy (non-hydrogen) atoms. The number of hydrogen-bond donors (Lipinski definition) is 2. The molecule has 2 rings (SSSR count). The van der Waals surface area contributed by atoms with E-state index < -0.39 is 4.92 Å². The standard InChI is InChI=1S/C15H16ClN3O2.ClH/c16-13-3-1-2-12(10-13)11-17-8-9-18-14-4-6-15(7-5-14)19(20)21;/h1-7,10,17-18H,8-9,11H2;1H. The van der Waals surface area contributed by atoms with E-state index in [-0.39, 0.29) is 18.1 Å². The van der Waals surface area contributed by atoms with E-state index in [1.54, 1.807) is 12.1 Å². The molecule has 0 aliphatic heterocycles. The summed E-state index contributed by atoms with van der Waals surface area (Å²) >= 11 is 5.91. The highest BCUT2D eigenvalue weighted by atomic mass is 35.5. The molecule has 0 saturated carbocycles. The minimum absolute atomic E-state index is 0. The van der Waals surface area contributed by atoms with Gasteiger partial charge in [0.2, 0.25) is 0 Å². The average Bonchev–Trinajstić information content (AvgIpc) is 2.47. The number of anilines is 1. The van der Waals surface area contributed by atoms with Gasteiger partial charge in [-0.3, -0.25) is 10.1 Å². The third kappa shape index (κ3) is 5.89. The number of halogens is 2. The Morgan fingerprint density at radius 2 is 1.82 bits per heavy atom. The largest absolute Gasteiger partial charge is 0.384 e. The fourth-order valence-electron chi connectivity index (χ4n) is 1.88. The maximum atomic E-state index is 10.5. The van der Waals surface area contributed by atoms with E-state index in [1.807, 2.05) is 24.3 Å². The van der Waals surface area contributed by atoms with Crippen molar-refractivity contribution >= 4 is 35.4 Å². The highest BCUT2D eigenvalue weighted by Crippen LogP contribution is 2.15. The lowest BCUT2D eigenvalue weighted by atomic mass is 10.2. The highest BCUT2D eigenvalue weighted by Gasteiger charge is 2.03. The van der Waals surface area contributed by atoms with Gasteiger partial charge in [-0.1, -0.05) is 23.7 Å². The summed E-state index contributed by atoms with van der Waals surface area (Å²) in [7, 11) is 0. The van der Waals surface area contributed by atoms with Crippen molar-refractivity contribution in [2.45, 2.75) is 6.54 Å². The molecular formula is C15H17Cl2N3O2. The molecule has 0 spiro atoms. The topological polar surface area (TPSA) is 67.2 Å². The van der Waals surface area contributed by atoms with E-state index in [4.69, 9.17) is 11.6 Å². The Balaban J connectivity index is 0.00000242. The molecule has 0 unspecified atom stereocenters. The number of hydrogen-bond acceptors (Lipinski definition) is 4. The van der Waals surface area contributed by atoms with E-state index in [0.29, 0.717) is 0 Å². The van der Waals surface area contributed by atoms with Crippen molar-refractivity contribution in [2.24, 2.45) is 0 Å². The lowest BCUT2D eigenvalue weighted by Crippen LogP contribution is -2.21. The molecule has 2 aromatic carbocycles. The first kappa shape index (κ1) is 18.2. The Bertz CT molecular complexity index is 606. The molecule has 7 heteroatoms. The summed E-state index contributed by atoms with van der Waals surface area (Å²) in [6.07, 6.45) is 0. The van der Waals surface area contributed by atoms with Crippen LogP contribution in [-0.4, -0.2) is 18.0 Å². The molecule has 0 heterocycles. The highest BCUT2D eigenvalue weighted by molar-refractivity contribution is 6.30. The van der Waals surface area contributed by atoms with Gasteiger partial charge in [-0.05, 0) is 29.8 Å². The molecule has 0 saturated heterocycles. The van der Waals surface area contributed by atoms with Crippen LogP contribution in [0.2, 0.25) is 5.02 Å². The Labute approximate surface area is 140 Å². The van der Waals surface area contributed by atoms with Crippen molar-refractivity contribution in [1.29, 1.82) is 0 Å². The van der Waals surface area contributed by atoms with Crippen LogP contribution in [0.1, 0.15) is 5.56 Å². The molecule has 0 aliphatic rings. The second kappa shape index (κ2) is 9.25. The van der Waals surface area contributed by atoms with Crippen LogP contribution < -0.4 is 10.6 Å². The summed E-state index contributed by atoms with van der Waals surface area (Å²) in [6, 6.07) is 14.1. The minimum Gasteiger partial charge on any atom is -0.384 e. The van der Waals surface area contributed by atoms with Crippen LogP contribution in [0, 0.1) is 10.1 Å². The van der Waals surface area contributed by atoms with Crippen LogP contribution in [0.25, 0.3) is 0 Å². The number of nitro benzene ring substituents is 1. The molecule has 2 aromatic rings. The second-order valence-corrected chi connectivity index (χ2v) is 4.97. The first-order valence-corrected chi connectivity index (χ1v) is 6.96. The van der Waals surface area contributed by atoms with Gasteiger partial charge in [-0.2, -0.15) is 0 Å². The average molecular weight is 342 g/mol. The molecule has 0 amide bonds. The third-order valence-corrected chi connectivity index (χ3v) is 3.16. The number of nitrogens with zero attached hydrogens (tertiary/aromatic N) is 1. The number of non-ortho nitro benzene ring substituents is 1. The summed E-state index contributed by atoms with van der Waals surface area (Å²) in [4.78, 5) is 10.1. The number of benzene rings is 2.